The van der Waals surface area contributed by atoms with Gasteiger partial charge < -0.3 is 5.32 Å². The summed E-state index contributed by atoms with van der Waals surface area (Å²) >= 11 is 5.84. The molecule has 0 aliphatic rings. The second-order valence-electron chi connectivity index (χ2n) is 4.55. The van der Waals surface area contributed by atoms with E-state index in [1.54, 1.807) is 0 Å². The number of carbonyl (C=O) groups excluding carboxylic acids is 1. The minimum Gasteiger partial charge on any atom is -0.349 e. The Hall–Kier alpha value is -0.830. The van der Waals surface area contributed by atoms with E-state index in [0.717, 1.165) is 12.3 Å². The monoisotopic (exact) mass is 373 g/mol. The fourth-order valence-corrected chi connectivity index (χ4v) is 3.60. The van der Waals surface area contributed by atoms with Gasteiger partial charge in [-0.05, 0) is 25.1 Å². The Bertz CT molecular complexity index is 759. The van der Waals surface area contributed by atoms with Crippen LogP contribution in [0, 0.1) is 0 Å². The van der Waals surface area contributed by atoms with Gasteiger partial charge >= 0.3 is 0 Å². The number of amides is 1. The molecule has 0 aromatic heterocycles. The van der Waals surface area contributed by atoms with E-state index in [1.165, 1.54) is 19.1 Å². The van der Waals surface area contributed by atoms with Crippen molar-refractivity contribution in [2.24, 2.45) is 0 Å². The largest absolute Gasteiger partial charge is 0.349 e. The van der Waals surface area contributed by atoms with Crippen LogP contribution in [-0.4, -0.2) is 40.8 Å². The van der Waals surface area contributed by atoms with Crippen LogP contribution in [-0.2, 0) is 18.9 Å². The molecule has 1 aromatic rings. The van der Waals surface area contributed by atoms with E-state index in [1.807, 2.05) is 0 Å². The smallest absolute Gasteiger partial charge is 0.261 e. The molecule has 1 atom stereocenters. The van der Waals surface area contributed by atoms with E-state index in [2.05, 4.69) is 5.32 Å². The molecule has 6 nitrogen and oxygen atoms in total. The Balaban J connectivity index is 3.03. The number of nitrogens with one attached hydrogen (secondary N) is 1. The lowest BCUT2D eigenvalue weighted by Gasteiger charge is -2.13. The predicted octanol–water partition coefficient (Wildman–Crippen LogP) is 1.43. The summed E-state index contributed by atoms with van der Waals surface area (Å²) in [4.78, 5) is 11.7. The van der Waals surface area contributed by atoms with Crippen molar-refractivity contribution in [2.75, 3.05) is 12.0 Å². The first-order valence-corrected chi connectivity index (χ1v) is 10.4. The average molecular weight is 374 g/mol. The highest BCUT2D eigenvalue weighted by Crippen LogP contribution is 2.22. The molecular formula is C11H13Cl2NO5S2. The van der Waals surface area contributed by atoms with Gasteiger partial charge in [0.25, 0.3) is 15.0 Å². The van der Waals surface area contributed by atoms with Gasteiger partial charge in [0.1, 0.15) is 9.84 Å². The van der Waals surface area contributed by atoms with Gasteiger partial charge in [0.05, 0.1) is 21.2 Å². The molecule has 0 spiro atoms. The van der Waals surface area contributed by atoms with Crippen molar-refractivity contribution in [1.29, 1.82) is 0 Å². The zero-order valence-corrected chi connectivity index (χ0v) is 14.3. The zero-order valence-electron chi connectivity index (χ0n) is 11.1. The molecule has 1 aromatic carbocycles. The van der Waals surface area contributed by atoms with Crippen LogP contribution >= 0.6 is 22.3 Å². The number of halogens is 2. The Morgan fingerprint density at radius 3 is 2.33 bits per heavy atom. The average Bonchev–Trinajstić information content (AvgIpc) is 2.24. The molecule has 0 aliphatic heterocycles. The van der Waals surface area contributed by atoms with E-state index in [9.17, 15) is 21.6 Å². The van der Waals surface area contributed by atoms with Crippen molar-refractivity contribution in [3.8, 4) is 0 Å². The van der Waals surface area contributed by atoms with Gasteiger partial charge in [-0.1, -0.05) is 11.6 Å². The molecule has 0 saturated carbocycles. The van der Waals surface area contributed by atoms with Crippen molar-refractivity contribution in [3.05, 3.63) is 28.8 Å². The molecule has 1 unspecified atom stereocenters. The minimum atomic E-state index is -4.00. The molecule has 1 amide bonds. The molecule has 21 heavy (non-hydrogen) atoms. The summed E-state index contributed by atoms with van der Waals surface area (Å²) in [5, 5.41) is 2.46. The van der Waals surface area contributed by atoms with E-state index in [0.29, 0.717) is 0 Å². The summed E-state index contributed by atoms with van der Waals surface area (Å²) < 4.78 is 44.8. The van der Waals surface area contributed by atoms with Crippen molar-refractivity contribution < 1.29 is 21.6 Å². The van der Waals surface area contributed by atoms with Crippen LogP contribution in [0.4, 0.5) is 0 Å². The lowest BCUT2D eigenvalue weighted by atomic mass is 10.2. The fourth-order valence-electron chi connectivity index (χ4n) is 1.63. The number of rotatable bonds is 5. The Morgan fingerprint density at radius 1 is 1.29 bits per heavy atom. The number of sulfone groups is 1. The van der Waals surface area contributed by atoms with Gasteiger partial charge in [-0.15, -0.1) is 0 Å². The normalized spacial score (nSPS) is 13.7. The second-order valence-corrected chi connectivity index (χ2v) is 9.70. The van der Waals surface area contributed by atoms with Crippen LogP contribution in [0.15, 0.2) is 23.1 Å². The maximum Gasteiger partial charge on any atom is 0.261 e. The molecule has 0 bridgehead atoms. The molecule has 0 heterocycles. The Labute approximate surface area is 132 Å². The van der Waals surface area contributed by atoms with Gasteiger partial charge in [-0.2, -0.15) is 0 Å². The Kier molecular flexibility index (Phi) is 5.65. The first kappa shape index (κ1) is 18.2. The van der Waals surface area contributed by atoms with Gasteiger partial charge in [-0.25, -0.2) is 16.8 Å². The van der Waals surface area contributed by atoms with Crippen molar-refractivity contribution in [1.82, 2.24) is 5.32 Å². The molecule has 0 aliphatic carbocycles. The summed E-state index contributed by atoms with van der Waals surface area (Å²) in [6, 6.07) is 2.78. The van der Waals surface area contributed by atoms with Crippen LogP contribution in [0.2, 0.25) is 5.02 Å². The molecule has 1 rings (SSSR count). The van der Waals surface area contributed by atoms with Gasteiger partial charge in [0, 0.05) is 23.0 Å². The van der Waals surface area contributed by atoms with Crippen LogP contribution < -0.4 is 5.32 Å². The number of carbonyl (C=O) groups is 1. The highest BCUT2D eigenvalue weighted by molar-refractivity contribution is 8.13. The molecular weight excluding hydrogens is 361 g/mol. The van der Waals surface area contributed by atoms with Crippen LogP contribution in [0.3, 0.4) is 0 Å². The molecule has 0 saturated heterocycles. The van der Waals surface area contributed by atoms with E-state index < -0.39 is 30.8 Å². The van der Waals surface area contributed by atoms with Crippen LogP contribution in [0.25, 0.3) is 0 Å². The summed E-state index contributed by atoms with van der Waals surface area (Å²) in [7, 11) is -2.05. The quantitative estimate of drug-likeness (QED) is 0.787. The number of hydrogen-bond donors (Lipinski definition) is 1. The maximum absolute atomic E-state index is 12.0. The highest BCUT2D eigenvalue weighted by Gasteiger charge is 2.19. The molecule has 1 N–H and O–H groups in total. The summed E-state index contributed by atoms with van der Waals surface area (Å²) in [5.41, 5.74) is -0.0984. The van der Waals surface area contributed by atoms with Crippen LogP contribution in [0.1, 0.15) is 17.3 Å². The summed E-state index contributed by atoms with van der Waals surface area (Å²) in [5.74, 6) is -0.928. The van der Waals surface area contributed by atoms with Gasteiger partial charge in [-0.3, -0.25) is 4.79 Å². The molecule has 10 heteroatoms. The first-order chi connectivity index (χ1) is 9.40. The van der Waals surface area contributed by atoms with E-state index >= 15 is 0 Å². The number of benzene rings is 1. The zero-order chi connectivity index (χ0) is 16.4. The lowest BCUT2D eigenvalue weighted by molar-refractivity contribution is 0.0943. The SMILES string of the molecule is CC(CS(C)(=O)=O)NC(=O)c1cc(S(=O)(=O)Cl)ccc1Cl. The first-order valence-electron chi connectivity index (χ1n) is 5.63. The van der Waals surface area contributed by atoms with Crippen molar-refractivity contribution in [3.63, 3.8) is 0 Å². The third-order valence-electron chi connectivity index (χ3n) is 2.39. The predicted molar refractivity (Wildman–Crippen MR) is 81.1 cm³/mol. The van der Waals surface area contributed by atoms with E-state index in [4.69, 9.17) is 22.3 Å². The highest BCUT2D eigenvalue weighted by atomic mass is 35.7. The summed E-state index contributed by atoms with van der Waals surface area (Å²) in [6.07, 6.45) is 1.04. The van der Waals surface area contributed by atoms with E-state index in [-0.39, 0.29) is 21.2 Å². The van der Waals surface area contributed by atoms with Gasteiger partial charge in [0.15, 0.2) is 0 Å². The molecule has 0 fully saturated rings. The summed E-state index contributed by atoms with van der Waals surface area (Å²) in [6.45, 7) is 1.51. The maximum atomic E-state index is 12.0. The van der Waals surface area contributed by atoms with Gasteiger partial charge in [0.2, 0.25) is 0 Å². The standard InChI is InChI=1S/C11H13Cl2NO5S2/c1-7(6-20(2,16)17)14-11(15)9-5-8(21(13,18)19)3-4-10(9)12/h3-5,7H,6H2,1-2H3,(H,14,15). The minimum absolute atomic E-state index is 0.0307. The van der Waals surface area contributed by atoms with Crippen molar-refractivity contribution >= 4 is 47.1 Å². The number of hydrogen-bond acceptors (Lipinski definition) is 5. The molecule has 0 radical (unpaired) electrons. The van der Waals surface area contributed by atoms with Crippen LogP contribution in [0.5, 0.6) is 0 Å². The second kappa shape index (κ2) is 6.51. The Morgan fingerprint density at radius 2 is 1.86 bits per heavy atom. The van der Waals surface area contributed by atoms with Crippen molar-refractivity contribution in [2.45, 2.75) is 17.9 Å². The third kappa shape index (κ3) is 5.82. The third-order valence-corrected chi connectivity index (χ3v) is 5.18. The topological polar surface area (TPSA) is 97.4 Å². The lowest BCUT2D eigenvalue weighted by Crippen LogP contribution is -2.37. The molecule has 118 valence electrons. The fraction of sp³-hybridized carbons (Fsp3) is 0.364.